The van der Waals surface area contributed by atoms with Crippen LogP contribution in [0, 0.1) is 6.92 Å². The van der Waals surface area contributed by atoms with Crippen molar-refractivity contribution in [2.75, 3.05) is 31.1 Å². The Labute approximate surface area is 174 Å². The maximum absolute atomic E-state index is 10.3. The molecule has 0 bridgehead atoms. The number of aliphatic hydroxyl groups excluding tert-OH is 1. The number of aryl methyl sites for hydroxylation is 1. The van der Waals surface area contributed by atoms with E-state index in [2.05, 4.69) is 44.6 Å². The second kappa shape index (κ2) is 10.8. The standard InChI is InChI=1S/C23H33N5O/c1-3-24-23(25-17-21(29)16-19-9-5-4-6-10-19)27-20-12-14-28(15-13-20)22-11-7-8-18(2)26-22/h4-11,20-21,29H,3,12-17H2,1-2H3,(H2,24,25,27). The van der Waals surface area contributed by atoms with Gasteiger partial charge in [-0.15, -0.1) is 0 Å². The zero-order valence-corrected chi connectivity index (χ0v) is 17.5. The fraction of sp³-hybridized carbons (Fsp3) is 0.478. The van der Waals surface area contributed by atoms with Gasteiger partial charge in [0.2, 0.25) is 0 Å². The average molecular weight is 396 g/mol. The highest BCUT2D eigenvalue weighted by Gasteiger charge is 2.21. The van der Waals surface area contributed by atoms with Gasteiger partial charge in [-0.2, -0.15) is 0 Å². The van der Waals surface area contributed by atoms with Crippen LogP contribution in [-0.2, 0) is 6.42 Å². The van der Waals surface area contributed by atoms with Gasteiger partial charge in [-0.05, 0) is 44.4 Å². The fourth-order valence-corrected chi connectivity index (χ4v) is 3.62. The summed E-state index contributed by atoms with van der Waals surface area (Å²) in [5, 5.41) is 17.2. The Morgan fingerprint density at radius 2 is 1.93 bits per heavy atom. The molecule has 1 unspecified atom stereocenters. The third kappa shape index (κ3) is 6.75. The lowest BCUT2D eigenvalue weighted by atomic mass is 10.1. The summed E-state index contributed by atoms with van der Waals surface area (Å²) in [4.78, 5) is 11.6. The Morgan fingerprint density at radius 1 is 1.17 bits per heavy atom. The molecule has 2 aromatic rings. The number of pyridine rings is 1. The molecule has 1 aliphatic heterocycles. The maximum Gasteiger partial charge on any atom is 0.191 e. The first-order valence-electron chi connectivity index (χ1n) is 10.6. The number of piperidine rings is 1. The number of guanidine groups is 1. The van der Waals surface area contributed by atoms with E-state index in [-0.39, 0.29) is 0 Å². The summed E-state index contributed by atoms with van der Waals surface area (Å²) in [5.41, 5.74) is 2.18. The Hall–Kier alpha value is -2.60. The number of aromatic nitrogens is 1. The molecule has 6 heteroatoms. The molecule has 0 radical (unpaired) electrons. The quantitative estimate of drug-likeness (QED) is 0.496. The van der Waals surface area contributed by atoms with E-state index < -0.39 is 6.10 Å². The first-order valence-corrected chi connectivity index (χ1v) is 10.6. The van der Waals surface area contributed by atoms with E-state index in [4.69, 9.17) is 0 Å². The van der Waals surface area contributed by atoms with Gasteiger partial charge in [0.25, 0.3) is 0 Å². The summed E-state index contributed by atoms with van der Waals surface area (Å²) in [7, 11) is 0. The summed E-state index contributed by atoms with van der Waals surface area (Å²) >= 11 is 0. The number of anilines is 1. The van der Waals surface area contributed by atoms with Crippen LogP contribution in [0.1, 0.15) is 31.0 Å². The number of hydrogen-bond donors (Lipinski definition) is 3. The molecule has 1 aliphatic rings. The Morgan fingerprint density at radius 3 is 2.62 bits per heavy atom. The van der Waals surface area contributed by atoms with Crippen molar-refractivity contribution < 1.29 is 5.11 Å². The number of aliphatic imine (C=N–C) groups is 1. The molecular formula is C23H33N5O. The molecule has 1 saturated heterocycles. The highest BCUT2D eigenvalue weighted by molar-refractivity contribution is 5.80. The molecule has 0 saturated carbocycles. The molecule has 1 aromatic heterocycles. The highest BCUT2D eigenvalue weighted by atomic mass is 16.3. The molecule has 29 heavy (non-hydrogen) atoms. The van der Waals surface area contributed by atoms with E-state index in [1.165, 1.54) is 0 Å². The van der Waals surface area contributed by atoms with Crippen LogP contribution in [0.15, 0.2) is 53.5 Å². The van der Waals surface area contributed by atoms with Crippen molar-refractivity contribution in [2.45, 2.75) is 45.3 Å². The fourth-order valence-electron chi connectivity index (χ4n) is 3.62. The lowest BCUT2D eigenvalue weighted by molar-refractivity contribution is 0.183. The molecule has 3 N–H and O–H groups in total. The third-order valence-electron chi connectivity index (χ3n) is 5.15. The van der Waals surface area contributed by atoms with Gasteiger partial charge in [-0.1, -0.05) is 36.4 Å². The van der Waals surface area contributed by atoms with Crippen molar-refractivity contribution in [1.29, 1.82) is 0 Å². The second-order valence-electron chi connectivity index (χ2n) is 7.61. The molecule has 1 aromatic carbocycles. The van der Waals surface area contributed by atoms with Crippen LogP contribution < -0.4 is 15.5 Å². The van der Waals surface area contributed by atoms with Crippen molar-refractivity contribution in [3.8, 4) is 0 Å². The van der Waals surface area contributed by atoms with Crippen molar-refractivity contribution in [1.82, 2.24) is 15.6 Å². The smallest absolute Gasteiger partial charge is 0.191 e. The molecular weight excluding hydrogens is 362 g/mol. The molecule has 0 amide bonds. The first kappa shape index (κ1) is 21.1. The van der Waals surface area contributed by atoms with Gasteiger partial charge in [-0.3, -0.25) is 4.99 Å². The molecule has 0 aliphatic carbocycles. The minimum atomic E-state index is -0.484. The lowest BCUT2D eigenvalue weighted by Gasteiger charge is -2.34. The van der Waals surface area contributed by atoms with Crippen LogP contribution in [0.3, 0.4) is 0 Å². The van der Waals surface area contributed by atoms with Crippen molar-refractivity contribution in [3.05, 3.63) is 59.8 Å². The normalized spacial score (nSPS) is 16.5. The molecule has 156 valence electrons. The van der Waals surface area contributed by atoms with E-state index in [0.29, 0.717) is 19.0 Å². The van der Waals surface area contributed by atoms with Crippen LogP contribution in [-0.4, -0.2) is 54.4 Å². The molecule has 0 spiro atoms. The third-order valence-corrected chi connectivity index (χ3v) is 5.15. The minimum Gasteiger partial charge on any atom is -0.391 e. The van der Waals surface area contributed by atoms with Crippen molar-refractivity contribution in [2.24, 2.45) is 4.99 Å². The van der Waals surface area contributed by atoms with E-state index in [1.807, 2.05) is 43.3 Å². The van der Waals surface area contributed by atoms with Crippen molar-refractivity contribution >= 4 is 11.8 Å². The predicted octanol–water partition coefficient (Wildman–Crippen LogP) is 2.52. The van der Waals surface area contributed by atoms with Crippen LogP contribution in [0.2, 0.25) is 0 Å². The minimum absolute atomic E-state index is 0.375. The Kier molecular flexibility index (Phi) is 7.87. The van der Waals surface area contributed by atoms with E-state index in [0.717, 1.165) is 55.5 Å². The van der Waals surface area contributed by atoms with E-state index in [1.54, 1.807) is 0 Å². The maximum atomic E-state index is 10.3. The summed E-state index contributed by atoms with van der Waals surface area (Å²) in [6.45, 7) is 7.23. The largest absolute Gasteiger partial charge is 0.391 e. The summed E-state index contributed by atoms with van der Waals surface area (Å²) in [6.07, 6.45) is 2.20. The van der Waals surface area contributed by atoms with E-state index >= 15 is 0 Å². The van der Waals surface area contributed by atoms with Crippen LogP contribution in [0.5, 0.6) is 0 Å². The SMILES string of the molecule is CCNC(=NCC(O)Cc1ccccc1)NC1CCN(c2cccc(C)n2)CC1. The molecule has 6 nitrogen and oxygen atoms in total. The molecule has 1 fully saturated rings. The number of benzene rings is 1. The summed E-state index contributed by atoms with van der Waals surface area (Å²) in [6, 6.07) is 16.6. The Bertz CT molecular complexity index is 772. The predicted molar refractivity (Wildman–Crippen MR) is 119 cm³/mol. The van der Waals surface area contributed by atoms with Gasteiger partial charge < -0.3 is 20.6 Å². The average Bonchev–Trinajstić information content (AvgIpc) is 2.73. The monoisotopic (exact) mass is 395 g/mol. The van der Waals surface area contributed by atoms with Crippen LogP contribution in [0.4, 0.5) is 5.82 Å². The van der Waals surface area contributed by atoms with Gasteiger partial charge in [0.15, 0.2) is 5.96 Å². The first-order chi connectivity index (χ1) is 14.1. The lowest BCUT2D eigenvalue weighted by Crippen LogP contribution is -2.49. The van der Waals surface area contributed by atoms with E-state index in [9.17, 15) is 5.11 Å². The summed E-state index contributed by atoms with van der Waals surface area (Å²) < 4.78 is 0. The van der Waals surface area contributed by atoms with Gasteiger partial charge in [-0.25, -0.2) is 4.98 Å². The van der Waals surface area contributed by atoms with Crippen molar-refractivity contribution in [3.63, 3.8) is 0 Å². The zero-order valence-electron chi connectivity index (χ0n) is 17.5. The topological polar surface area (TPSA) is 72.8 Å². The molecule has 3 rings (SSSR count). The van der Waals surface area contributed by atoms with Gasteiger partial charge in [0.1, 0.15) is 5.82 Å². The number of hydrogen-bond acceptors (Lipinski definition) is 4. The zero-order chi connectivity index (χ0) is 20.5. The number of aliphatic hydroxyl groups is 1. The van der Waals surface area contributed by atoms with Gasteiger partial charge >= 0.3 is 0 Å². The van der Waals surface area contributed by atoms with Crippen LogP contribution >= 0.6 is 0 Å². The van der Waals surface area contributed by atoms with Gasteiger partial charge in [0.05, 0.1) is 12.6 Å². The number of nitrogens with zero attached hydrogens (tertiary/aromatic N) is 3. The molecule has 2 heterocycles. The highest BCUT2D eigenvalue weighted by Crippen LogP contribution is 2.18. The Balaban J connectivity index is 1.49. The van der Waals surface area contributed by atoms with Crippen LogP contribution in [0.25, 0.3) is 0 Å². The molecule has 1 atom stereocenters. The number of nitrogens with one attached hydrogen (secondary N) is 2. The van der Waals surface area contributed by atoms with Gasteiger partial charge in [0, 0.05) is 37.8 Å². The summed E-state index contributed by atoms with van der Waals surface area (Å²) in [5.74, 6) is 1.85. The second-order valence-corrected chi connectivity index (χ2v) is 7.61. The number of rotatable bonds is 7.